The number of carbonyl (C=O) groups is 1. The average Bonchev–Trinajstić information content (AvgIpc) is 2.60. The molecule has 0 saturated heterocycles. The lowest BCUT2D eigenvalue weighted by atomic mass is 10.0. The summed E-state index contributed by atoms with van der Waals surface area (Å²) in [4.78, 5) is 37.9. The third kappa shape index (κ3) is 3.89. The van der Waals surface area contributed by atoms with Gasteiger partial charge in [0.15, 0.2) is 0 Å². The van der Waals surface area contributed by atoms with Crippen LogP contribution in [0.5, 0.6) is 0 Å². The molecule has 0 aliphatic rings. The normalized spacial score (nSPS) is 12.2. The van der Waals surface area contributed by atoms with Gasteiger partial charge in [-0.25, -0.2) is 15.0 Å². The van der Waals surface area contributed by atoms with Crippen molar-refractivity contribution < 1.29 is 4.79 Å². The number of hydrogen-bond acceptors (Lipinski definition) is 7. The number of amides is 1. The fourth-order valence-corrected chi connectivity index (χ4v) is 2.89. The molecule has 0 radical (unpaired) electrons. The van der Waals surface area contributed by atoms with Gasteiger partial charge in [0.2, 0.25) is 11.9 Å². The molecule has 0 unspecified atom stereocenters. The van der Waals surface area contributed by atoms with Gasteiger partial charge in [-0.15, -0.1) is 0 Å². The number of nitrogen functional groups attached to an aromatic ring is 1. The van der Waals surface area contributed by atoms with E-state index >= 15 is 0 Å². The number of nitrogens with two attached hydrogens (primary N) is 2. The van der Waals surface area contributed by atoms with Gasteiger partial charge in [-0.3, -0.25) is 9.59 Å². The number of carbonyl (C=O) groups excluding carboxylic acids is 1. The number of nitrogens with zero attached hydrogens (tertiary/aromatic N) is 4. The van der Waals surface area contributed by atoms with Crippen molar-refractivity contribution in [2.24, 2.45) is 5.73 Å². The SMILES string of the molecule is CC(C)(C)Nc1nc(-c2cnc(N)nc2)cc2ccn(C(C)(C)C(N)=O)c(=O)c12. The Morgan fingerprint density at radius 1 is 1.14 bits per heavy atom. The number of rotatable bonds is 4. The Balaban J connectivity index is 2.32. The van der Waals surface area contributed by atoms with Gasteiger partial charge in [0, 0.05) is 29.7 Å². The van der Waals surface area contributed by atoms with Gasteiger partial charge < -0.3 is 21.4 Å². The van der Waals surface area contributed by atoms with Gasteiger partial charge in [0.25, 0.3) is 5.56 Å². The summed E-state index contributed by atoms with van der Waals surface area (Å²) in [7, 11) is 0. The molecule has 0 aliphatic heterocycles. The molecular weight excluding hydrogens is 370 g/mol. The fourth-order valence-electron chi connectivity index (χ4n) is 2.89. The standard InChI is InChI=1S/C20H25N7O2/c1-19(2,3)26-15-14-11(6-7-27(16(14)28)20(4,5)17(21)29)8-13(25-15)12-9-23-18(22)24-10-12/h6-10H,1-5H3,(H2,21,29)(H,25,26)(H2,22,23,24). The fraction of sp³-hybridized carbons (Fsp3) is 0.350. The number of pyridine rings is 2. The van der Waals surface area contributed by atoms with E-state index in [1.165, 1.54) is 4.57 Å². The Kier molecular flexibility index (Phi) is 4.77. The van der Waals surface area contributed by atoms with Crippen LogP contribution in [0.15, 0.2) is 35.5 Å². The molecule has 9 nitrogen and oxygen atoms in total. The van der Waals surface area contributed by atoms with Gasteiger partial charge in [-0.2, -0.15) is 0 Å². The molecule has 1 amide bonds. The highest BCUT2D eigenvalue weighted by atomic mass is 16.2. The second kappa shape index (κ2) is 6.84. The molecule has 9 heteroatoms. The van der Waals surface area contributed by atoms with Crippen LogP contribution in [-0.2, 0) is 10.3 Å². The molecule has 0 bridgehead atoms. The second-order valence-corrected chi connectivity index (χ2v) is 8.44. The first-order valence-electron chi connectivity index (χ1n) is 9.13. The number of aromatic nitrogens is 4. The van der Waals surface area contributed by atoms with E-state index in [-0.39, 0.29) is 17.0 Å². The summed E-state index contributed by atoms with van der Waals surface area (Å²) in [5, 5.41) is 4.33. The van der Waals surface area contributed by atoms with Crippen LogP contribution in [0.1, 0.15) is 34.6 Å². The number of hydrogen-bond donors (Lipinski definition) is 3. The molecular formula is C20H25N7O2. The van der Waals surface area contributed by atoms with Crippen molar-refractivity contribution >= 4 is 28.4 Å². The van der Waals surface area contributed by atoms with E-state index in [4.69, 9.17) is 11.5 Å². The number of nitrogens with one attached hydrogen (secondary N) is 1. The molecule has 29 heavy (non-hydrogen) atoms. The van der Waals surface area contributed by atoms with Gasteiger partial charge >= 0.3 is 0 Å². The highest BCUT2D eigenvalue weighted by Crippen LogP contribution is 2.28. The molecule has 0 spiro atoms. The van der Waals surface area contributed by atoms with Gasteiger partial charge in [0.05, 0.1) is 11.1 Å². The van der Waals surface area contributed by atoms with Crippen molar-refractivity contribution in [3.63, 3.8) is 0 Å². The maximum atomic E-state index is 13.3. The van der Waals surface area contributed by atoms with E-state index in [9.17, 15) is 9.59 Å². The van der Waals surface area contributed by atoms with E-state index in [0.29, 0.717) is 27.8 Å². The first-order valence-corrected chi connectivity index (χ1v) is 9.13. The Morgan fingerprint density at radius 3 is 2.31 bits per heavy atom. The van der Waals surface area contributed by atoms with E-state index in [1.807, 2.05) is 20.8 Å². The maximum Gasteiger partial charge on any atom is 0.263 e. The summed E-state index contributed by atoms with van der Waals surface area (Å²) in [6.07, 6.45) is 4.73. The molecule has 0 saturated carbocycles. The third-order valence-electron chi connectivity index (χ3n) is 4.55. The van der Waals surface area contributed by atoms with Crippen LogP contribution in [0.4, 0.5) is 11.8 Å². The zero-order valence-corrected chi connectivity index (χ0v) is 17.1. The Morgan fingerprint density at radius 2 is 1.76 bits per heavy atom. The lowest BCUT2D eigenvalue weighted by Gasteiger charge is -2.26. The molecule has 3 heterocycles. The molecule has 0 atom stereocenters. The minimum Gasteiger partial charge on any atom is -0.368 e. The number of primary amides is 1. The van der Waals surface area contributed by atoms with Crippen LogP contribution in [-0.4, -0.2) is 31.0 Å². The number of anilines is 2. The highest BCUT2D eigenvalue weighted by Gasteiger charge is 2.29. The van der Waals surface area contributed by atoms with E-state index in [0.717, 1.165) is 0 Å². The monoisotopic (exact) mass is 395 g/mol. The first-order chi connectivity index (χ1) is 13.4. The predicted molar refractivity (Wildman–Crippen MR) is 113 cm³/mol. The molecule has 152 valence electrons. The summed E-state index contributed by atoms with van der Waals surface area (Å²) in [6, 6.07) is 3.54. The summed E-state index contributed by atoms with van der Waals surface area (Å²) < 4.78 is 1.33. The Hall–Kier alpha value is -3.49. The highest BCUT2D eigenvalue weighted by molar-refractivity contribution is 5.94. The van der Waals surface area contributed by atoms with Gasteiger partial charge in [-0.05, 0) is 52.1 Å². The van der Waals surface area contributed by atoms with Crippen molar-refractivity contribution in [1.29, 1.82) is 0 Å². The van der Waals surface area contributed by atoms with E-state index in [1.54, 1.807) is 44.6 Å². The molecule has 3 aromatic heterocycles. The van der Waals surface area contributed by atoms with Crippen LogP contribution in [0, 0.1) is 0 Å². The molecule has 0 fully saturated rings. The first kappa shape index (κ1) is 20.2. The third-order valence-corrected chi connectivity index (χ3v) is 4.55. The zero-order valence-electron chi connectivity index (χ0n) is 17.1. The van der Waals surface area contributed by atoms with E-state index in [2.05, 4.69) is 20.3 Å². The van der Waals surface area contributed by atoms with Crippen LogP contribution < -0.4 is 22.3 Å². The van der Waals surface area contributed by atoms with Crippen LogP contribution in [0.2, 0.25) is 0 Å². The van der Waals surface area contributed by atoms with Crippen LogP contribution in [0.3, 0.4) is 0 Å². The summed E-state index contributed by atoms with van der Waals surface area (Å²) in [5.41, 5.74) is 10.4. The average molecular weight is 395 g/mol. The van der Waals surface area contributed by atoms with Crippen molar-refractivity contribution in [1.82, 2.24) is 19.5 Å². The topological polar surface area (TPSA) is 142 Å². The van der Waals surface area contributed by atoms with Crippen molar-refractivity contribution in [3.8, 4) is 11.3 Å². The Bertz CT molecular complexity index is 1140. The van der Waals surface area contributed by atoms with Crippen LogP contribution >= 0.6 is 0 Å². The maximum absolute atomic E-state index is 13.3. The zero-order chi connectivity index (χ0) is 21.6. The number of fused-ring (bicyclic) bond motifs is 1. The molecule has 0 aliphatic carbocycles. The quantitative estimate of drug-likeness (QED) is 0.612. The summed E-state index contributed by atoms with van der Waals surface area (Å²) in [5.74, 6) is -0.0338. The smallest absolute Gasteiger partial charge is 0.263 e. The van der Waals surface area contributed by atoms with E-state index < -0.39 is 11.4 Å². The molecule has 3 rings (SSSR count). The molecule has 5 N–H and O–H groups in total. The van der Waals surface area contributed by atoms with Crippen molar-refractivity contribution in [2.45, 2.75) is 45.7 Å². The minimum atomic E-state index is -1.19. The van der Waals surface area contributed by atoms with Gasteiger partial charge in [0.1, 0.15) is 11.4 Å². The van der Waals surface area contributed by atoms with Crippen LogP contribution in [0.25, 0.3) is 22.0 Å². The van der Waals surface area contributed by atoms with Crippen molar-refractivity contribution in [3.05, 3.63) is 41.1 Å². The second-order valence-electron chi connectivity index (χ2n) is 8.44. The lowest BCUT2D eigenvalue weighted by molar-refractivity contribution is -0.125. The lowest BCUT2D eigenvalue weighted by Crippen LogP contribution is -2.46. The molecule has 3 aromatic rings. The minimum absolute atomic E-state index is 0.166. The molecule has 0 aromatic carbocycles. The Labute approximate surface area is 168 Å². The summed E-state index contributed by atoms with van der Waals surface area (Å²) >= 11 is 0. The summed E-state index contributed by atoms with van der Waals surface area (Å²) in [6.45, 7) is 9.11. The van der Waals surface area contributed by atoms with Crippen molar-refractivity contribution in [2.75, 3.05) is 11.1 Å². The largest absolute Gasteiger partial charge is 0.368 e. The van der Waals surface area contributed by atoms with Gasteiger partial charge in [-0.1, -0.05) is 0 Å². The predicted octanol–water partition coefficient (Wildman–Crippen LogP) is 1.87.